The van der Waals surface area contributed by atoms with Crippen LogP contribution in [0.25, 0.3) is 0 Å². The second-order valence-electron chi connectivity index (χ2n) is 5.15. The summed E-state index contributed by atoms with van der Waals surface area (Å²) in [5, 5.41) is 0. The minimum atomic E-state index is 0.407. The quantitative estimate of drug-likeness (QED) is 0.485. The Kier molecular flexibility index (Phi) is 7.97. The number of allylic oxidation sites excluding steroid dienone is 6. The Labute approximate surface area is 102 Å². The van der Waals surface area contributed by atoms with Crippen molar-refractivity contribution in [3.8, 4) is 0 Å². The largest absolute Gasteiger partial charge is 0.0874 e. The molecule has 0 rings (SSSR count). The Morgan fingerprint density at radius 3 is 2.38 bits per heavy atom. The van der Waals surface area contributed by atoms with Gasteiger partial charge in [0.2, 0.25) is 0 Å². The maximum absolute atomic E-state index is 2.33. The predicted octanol–water partition coefficient (Wildman–Crippen LogP) is 5.67. The van der Waals surface area contributed by atoms with E-state index in [0.29, 0.717) is 5.41 Å². The van der Waals surface area contributed by atoms with Crippen molar-refractivity contribution in [2.75, 3.05) is 0 Å². The van der Waals surface area contributed by atoms with Gasteiger partial charge in [-0.3, -0.25) is 0 Å². The van der Waals surface area contributed by atoms with E-state index in [1.54, 1.807) is 0 Å². The van der Waals surface area contributed by atoms with Gasteiger partial charge < -0.3 is 0 Å². The van der Waals surface area contributed by atoms with Crippen LogP contribution in [0.3, 0.4) is 0 Å². The van der Waals surface area contributed by atoms with Crippen LogP contribution in [0.5, 0.6) is 0 Å². The molecule has 0 saturated heterocycles. The molecule has 0 aromatic carbocycles. The maximum Gasteiger partial charge on any atom is -0.0227 e. The fourth-order valence-electron chi connectivity index (χ4n) is 1.52. The lowest BCUT2D eigenvalue weighted by Gasteiger charge is -2.22. The van der Waals surface area contributed by atoms with E-state index in [1.807, 2.05) is 0 Å². The van der Waals surface area contributed by atoms with E-state index < -0.39 is 0 Å². The molecule has 0 unspecified atom stereocenters. The first-order valence-corrected chi connectivity index (χ1v) is 6.54. The van der Waals surface area contributed by atoms with Gasteiger partial charge in [0.1, 0.15) is 0 Å². The highest BCUT2D eigenvalue weighted by Gasteiger charge is 2.15. The molecule has 0 aromatic heterocycles. The summed E-state index contributed by atoms with van der Waals surface area (Å²) in [6.45, 7) is 11.2. The Balaban J connectivity index is 4.49. The van der Waals surface area contributed by atoms with Gasteiger partial charge in [-0.2, -0.15) is 0 Å². The predicted molar refractivity (Wildman–Crippen MR) is 75.6 cm³/mol. The summed E-state index contributed by atoms with van der Waals surface area (Å²) in [5.74, 6) is 0. The van der Waals surface area contributed by atoms with E-state index in [-0.39, 0.29) is 0 Å². The summed E-state index contributed by atoms with van der Waals surface area (Å²) >= 11 is 0. The first kappa shape index (κ1) is 15.2. The summed E-state index contributed by atoms with van der Waals surface area (Å²) in [4.78, 5) is 0. The van der Waals surface area contributed by atoms with Gasteiger partial charge >= 0.3 is 0 Å². The third-order valence-electron chi connectivity index (χ3n) is 2.92. The molecule has 16 heavy (non-hydrogen) atoms. The Bertz CT molecular complexity index is 251. The highest BCUT2D eigenvalue weighted by molar-refractivity contribution is 5.24. The van der Waals surface area contributed by atoms with Crippen LogP contribution in [-0.4, -0.2) is 0 Å². The fraction of sp³-hybridized carbons (Fsp3) is 0.625. The van der Waals surface area contributed by atoms with E-state index in [1.165, 1.54) is 24.8 Å². The molecule has 0 aromatic rings. The van der Waals surface area contributed by atoms with Crippen molar-refractivity contribution in [2.24, 2.45) is 5.41 Å². The number of hydrogen-bond donors (Lipinski definition) is 0. The maximum atomic E-state index is 2.33. The first-order valence-electron chi connectivity index (χ1n) is 6.54. The van der Waals surface area contributed by atoms with Crippen molar-refractivity contribution < 1.29 is 0 Å². The van der Waals surface area contributed by atoms with Crippen LogP contribution in [-0.2, 0) is 0 Å². The van der Waals surface area contributed by atoms with Crippen molar-refractivity contribution in [1.29, 1.82) is 0 Å². The fourth-order valence-corrected chi connectivity index (χ4v) is 1.52. The van der Waals surface area contributed by atoms with Gasteiger partial charge in [-0.25, -0.2) is 0 Å². The lowest BCUT2D eigenvalue weighted by Crippen LogP contribution is -2.09. The number of hydrogen-bond acceptors (Lipinski definition) is 0. The third-order valence-corrected chi connectivity index (χ3v) is 2.92. The van der Waals surface area contributed by atoms with Gasteiger partial charge in [-0.15, -0.1) is 0 Å². The van der Waals surface area contributed by atoms with Crippen LogP contribution in [0.4, 0.5) is 0 Å². The lowest BCUT2D eigenvalue weighted by molar-refractivity contribution is 0.351. The molecule has 0 atom stereocenters. The number of unbranched alkanes of at least 4 members (excludes halogenated alkanes) is 1. The van der Waals surface area contributed by atoms with Crippen molar-refractivity contribution in [2.45, 2.75) is 60.3 Å². The molecule has 0 radical (unpaired) electrons. The zero-order valence-electron chi connectivity index (χ0n) is 11.7. The molecule has 0 aliphatic carbocycles. The van der Waals surface area contributed by atoms with Crippen LogP contribution in [0, 0.1) is 5.41 Å². The third kappa shape index (κ3) is 7.50. The van der Waals surface area contributed by atoms with Crippen molar-refractivity contribution in [1.82, 2.24) is 0 Å². The topological polar surface area (TPSA) is 0 Å². The van der Waals surface area contributed by atoms with E-state index >= 15 is 0 Å². The molecule has 92 valence electrons. The molecule has 0 N–H and O–H groups in total. The molecule has 0 saturated carbocycles. The first-order chi connectivity index (χ1) is 7.55. The Morgan fingerprint density at radius 2 is 1.88 bits per heavy atom. The lowest BCUT2D eigenvalue weighted by atomic mass is 9.83. The standard InChI is InChI=1S/C16H28/c1-6-9-10-11-13-15(12-7-2)14-16(4,5)8-3/h7,10-13H,6,8-9,14H2,1-5H3. The van der Waals surface area contributed by atoms with Crippen LogP contribution in [0.2, 0.25) is 0 Å². The van der Waals surface area contributed by atoms with Crippen LogP contribution >= 0.6 is 0 Å². The summed E-state index contributed by atoms with van der Waals surface area (Å²) < 4.78 is 0. The van der Waals surface area contributed by atoms with Gasteiger partial charge in [-0.05, 0) is 30.8 Å². The molecule has 0 amide bonds. The molecule has 0 aliphatic rings. The summed E-state index contributed by atoms with van der Waals surface area (Å²) in [6.07, 6.45) is 15.9. The van der Waals surface area contributed by atoms with Crippen molar-refractivity contribution in [3.63, 3.8) is 0 Å². The van der Waals surface area contributed by atoms with E-state index in [4.69, 9.17) is 0 Å². The van der Waals surface area contributed by atoms with E-state index in [0.717, 1.165) is 6.42 Å². The summed E-state index contributed by atoms with van der Waals surface area (Å²) in [5.41, 5.74) is 1.84. The zero-order valence-corrected chi connectivity index (χ0v) is 11.7. The van der Waals surface area contributed by atoms with Gasteiger partial charge in [0.25, 0.3) is 0 Å². The SMILES string of the molecule is CC=CC(=CC=CCCC)CC(C)(C)CC. The monoisotopic (exact) mass is 220 g/mol. The molecule has 0 nitrogen and oxygen atoms in total. The highest BCUT2D eigenvalue weighted by Crippen LogP contribution is 2.29. The molecule has 0 fully saturated rings. The van der Waals surface area contributed by atoms with Gasteiger partial charge in [0, 0.05) is 0 Å². The Hall–Kier alpha value is -0.780. The van der Waals surface area contributed by atoms with Crippen LogP contribution < -0.4 is 0 Å². The molecule has 0 bridgehead atoms. The van der Waals surface area contributed by atoms with Crippen LogP contribution in [0.1, 0.15) is 60.3 Å². The van der Waals surface area contributed by atoms with Crippen molar-refractivity contribution in [3.05, 3.63) is 36.0 Å². The summed E-state index contributed by atoms with van der Waals surface area (Å²) in [7, 11) is 0. The molecule has 0 heteroatoms. The second-order valence-corrected chi connectivity index (χ2v) is 5.15. The second kappa shape index (κ2) is 8.38. The minimum absolute atomic E-state index is 0.407. The average molecular weight is 220 g/mol. The highest BCUT2D eigenvalue weighted by atomic mass is 14.2. The normalized spacial score (nSPS) is 14.2. The van der Waals surface area contributed by atoms with Crippen LogP contribution in [0.15, 0.2) is 36.0 Å². The van der Waals surface area contributed by atoms with Crippen molar-refractivity contribution >= 4 is 0 Å². The minimum Gasteiger partial charge on any atom is -0.0874 e. The van der Waals surface area contributed by atoms with Gasteiger partial charge in [-0.1, -0.05) is 70.9 Å². The van der Waals surface area contributed by atoms with E-state index in [9.17, 15) is 0 Å². The molecule has 0 spiro atoms. The Morgan fingerprint density at radius 1 is 1.19 bits per heavy atom. The molecule has 0 heterocycles. The smallest absolute Gasteiger partial charge is 0.0227 e. The van der Waals surface area contributed by atoms with Gasteiger partial charge in [0.15, 0.2) is 0 Å². The molecular weight excluding hydrogens is 192 g/mol. The van der Waals surface area contributed by atoms with Gasteiger partial charge in [0.05, 0.1) is 0 Å². The molecular formula is C16H28. The number of rotatable bonds is 7. The summed E-state index contributed by atoms with van der Waals surface area (Å²) in [6, 6.07) is 0. The van der Waals surface area contributed by atoms with E-state index in [2.05, 4.69) is 65.0 Å². The molecule has 0 aliphatic heterocycles. The zero-order chi connectivity index (χ0) is 12.4. The average Bonchev–Trinajstić information content (AvgIpc) is 2.24.